The minimum atomic E-state index is -0.494. The molecule has 1 rings (SSSR count). The zero-order chi connectivity index (χ0) is 8.27. The van der Waals surface area contributed by atoms with E-state index in [1.54, 1.807) is 6.92 Å². The first-order valence-electron chi connectivity index (χ1n) is 2.92. The van der Waals surface area contributed by atoms with Crippen molar-refractivity contribution in [3.8, 4) is 0 Å². The number of ether oxygens (including phenoxy) is 1. The lowest BCUT2D eigenvalue weighted by Gasteiger charge is -1.99. The molecule has 11 heavy (non-hydrogen) atoms. The van der Waals surface area contributed by atoms with Gasteiger partial charge in [0.2, 0.25) is 0 Å². The van der Waals surface area contributed by atoms with Crippen LogP contribution in [0.4, 0.5) is 0 Å². The van der Waals surface area contributed by atoms with Gasteiger partial charge in [0.05, 0.1) is 6.61 Å². The van der Waals surface area contributed by atoms with E-state index in [2.05, 4.69) is 14.3 Å². The lowest BCUT2D eigenvalue weighted by atomic mass is 10.5. The van der Waals surface area contributed by atoms with Crippen LogP contribution in [0.3, 0.4) is 0 Å². The molecular weight excluding hydrogens is 184 g/mol. The average molecular weight is 189 g/mol. The molecular formula is C5H5N2O2S2-. The predicted octanol–water partition coefficient (Wildman–Crippen LogP) is 0.621. The Bertz CT molecular complexity index is 261. The topological polar surface area (TPSA) is 52.1 Å². The quantitative estimate of drug-likeness (QED) is 0.504. The fourth-order valence-corrected chi connectivity index (χ4v) is 1.14. The van der Waals surface area contributed by atoms with E-state index in [1.165, 1.54) is 0 Å². The van der Waals surface area contributed by atoms with E-state index in [4.69, 9.17) is 12.6 Å². The SMILES string of the molecule is CCOC(=O)c1nnsc1[S-]. The van der Waals surface area contributed by atoms with Crippen molar-refractivity contribution in [2.45, 2.75) is 11.1 Å². The number of hydrogen-bond donors (Lipinski definition) is 0. The highest BCUT2D eigenvalue weighted by Crippen LogP contribution is 2.09. The summed E-state index contributed by atoms with van der Waals surface area (Å²) in [5, 5.41) is 3.52. The second-order valence-corrected chi connectivity index (χ2v) is 3.05. The van der Waals surface area contributed by atoms with Gasteiger partial charge >= 0.3 is 5.97 Å². The van der Waals surface area contributed by atoms with E-state index >= 15 is 0 Å². The smallest absolute Gasteiger partial charge is 0.357 e. The summed E-state index contributed by atoms with van der Waals surface area (Å²) in [6.45, 7) is 2.05. The Balaban J connectivity index is 2.76. The molecule has 0 spiro atoms. The molecule has 0 amide bonds. The molecule has 1 heterocycles. The molecule has 0 aliphatic rings. The summed E-state index contributed by atoms with van der Waals surface area (Å²) in [5.74, 6) is -0.494. The molecule has 0 radical (unpaired) electrons. The van der Waals surface area contributed by atoms with Crippen molar-refractivity contribution in [3.63, 3.8) is 0 Å². The molecule has 0 bridgehead atoms. The molecule has 0 N–H and O–H groups in total. The van der Waals surface area contributed by atoms with Gasteiger partial charge in [0.25, 0.3) is 0 Å². The Morgan fingerprint density at radius 2 is 2.55 bits per heavy atom. The van der Waals surface area contributed by atoms with Gasteiger partial charge in [0, 0.05) is 0 Å². The number of aromatic nitrogens is 2. The Labute approximate surface area is 73.1 Å². The maximum Gasteiger partial charge on any atom is 0.357 e. The van der Waals surface area contributed by atoms with Crippen LogP contribution in [0.5, 0.6) is 0 Å². The molecule has 0 unspecified atom stereocenters. The largest absolute Gasteiger partial charge is 0.461 e. The molecule has 0 aliphatic heterocycles. The van der Waals surface area contributed by atoms with Gasteiger partial charge in [-0.3, -0.25) is 0 Å². The number of nitrogens with zero attached hydrogens (tertiary/aromatic N) is 2. The van der Waals surface area contributed by atoms with Crippen LogP contribution < -0.4 is 0 Å². The summed E-state index contributed by atoms with van der Waals surface area (Å²) in [6, 6.07) is 0. The zero-order valence-corrected chi connectivity index (χ0v) is 7.37. The summed E-state index contributed by atoms with van der Waals surface area (Å²) < 4.78 is 8.56. The molecule has 0 fully saturated rings. The lowest BCUT2D eigenvalue weighted by Crippen LogP contribution is -2.06. The van der Waals surface area contributed by atoms with Crippen LogP contribution in [0.15, 0.2) is 4.21 Å². The molecule has 6 heteroatoms. The maximum atomic E-state index is 10.9. The van der Waals surface area contributed by atoms with Gasteiger partial charge in [0.1, 0.15) is 0 Å². The van der Waals surface area contributed by atoms with Gasteiger partial charge in [0.15, 0.2) is 5.69 Å². The minimum absolute atomic E-state index is 0.145. The van der Waals surface area contributed by atoms with Crippen molar-refractivity contribution in [1.29, 1.82) is 0 Å². The van der Waals surface area contributed by atoms with Crippen LogP contribution in [-0.4, -0.2) is 22.2 Å². The third-order valence-corrected chi connectivity index (χ3v) is 1.87. The van der Waals surface area contributed by atoms with Crippen LogP contribution >= 0.6 is 11.5 Å². The summed E-state index contributed by atoms with van der Waals surface area (Å²) in [4.78, 5) is 10.9. The van der Waals surface area contributed by atoms with Crippen LogP contribution in [0, 0.1) is 0 Å². The molecule has 0 aromatic carbocycles. The Kier molecular flexibility index (Phi) is 2.72. The van der Waals surface area contributed by atoms with E-state index in [1.807, 2.05) is 0 Å². The van der Waals surface area contributed by atoms with Crippen molar-refractivity contribution in [2.24, 2.45) is 0 Å². The second kappa shape index (κ2) is 3.59. The fraction of sp³-hybridized carbons (Fsp3) is 0.400. The van der Waals surface area contributed by atoms with Gasteiger partial charge in [-0.2, -0.15) is 5.10 Å². The number of rotatable bonds is 2. The lowest BCUT2D eigenvalue weighted by molar-refractivity contribution is 0.0515. The Morgan fingerprint density at radius 3 is 3.00 bits per heavy atom. The second-order valence-electron chi connectivity index (χ2n) is 1.63. The van der Waals surface area contributed by atoms with Crippen molar-refractivity contribution >= 4 is 30.1 Å². The van der Waals surface area contributed by atoms with Crippen molar-refractivity contribution < 1.29 is 9.53 Å². The monoisotopic (exact) mass is 189 g/mol. The zero-order valence-electron chi connectivity index (χ0n) is 5.73. The first-order valence-corrected chi connectivity index (χ1v) is 4.10. The normalized spacial score (nSPS) is 9.55. The third kappa shape index (κ3) is 1.84. The summed E-state index contributed by atoms with van der Waals surface area (Å²) in [5.41, 5.74) is 0.145. The van der Waals surface area contributed by atoms with Gasteiger partial charge in [-0.15, -0.1) is 0 Å². The van der Waals surface area contributed by atoms with E-state index in [-0.39, 0.29) is 5.69 Å². The third-order valence-electron chi connectivity index (χ3n) is 0.927. The van der Waals surface area contributed by atoms with Crippen molar-refractivity contribution in [3.05, 3.63) is 5.69 Å². The summed E-state index contributed by atoms with van der Waals surface area (Å²) >= 11 is 5.78. The van der Waals surface area contributed by atoms with E-state index in [0.29, 0.717) is 10.8 Å². The van der Waals surface area contributed by atoms with Crippen molar-refractivity contribution in [2.75, 3.05) is 6.61 Å². The molecule has 60 valence electrons. The van der Waals surface area contributed by atoms with Crippen LogP contribution in [0.2, 0.25) is 0 Å². The van der Waals surface area contributed by atoms with Gasteiger partial charge in [-0.1, -0.05) is 4.21 Å². The number of carbonyl (C=O) groups is 1. The van der Waals surface area contributed by atoms with E-state index in [9.17, 15) is 4.79 Å². The first kappa shape index (κ1) is 8.35. The highest BCUT2D eigenvalue weighted by molar-refractivity contribution is 7.62. The highest BCUT2D eigenvalue weighted by Gasteiger charge is 2.08. The summed E-state index contributed by atoms with van der Waals surface area (Å²) in [7, 11) is 0. The van der Waals surface area contributed by atoms with Crippen molar-refractivity contribution in [1.82, 2.24) is 9.59 Å². The standard InChI is InChI=1S/C5H6N2O2S2/c1-2-9-4(8)3-5(10)11-7-6-3/h10H,2H2,1H3/p-1. The van der Waals surface area contributed by atoms with Gasteiger partial charge in [-0.05, 0) is 6.92 Å². The predicted molar refractivity (Wildman–Crippen MR) is 41.5 cm³/mol. The Morgan fingerprint density at radius 1 is 1.82 bits per heavy atom. The molecule has 0 aliphatic carbocycles. The molecule has 1 aromatic heterocycles. The summed E-state index contributed by atoms with van der Waals surface area (Å²) in [6.07, 6.45) is 0. The highest BCUT2D eigenvalue weighted by atomic mass is 32.2. The fourth-order valence-electron chi connectivity index (χ4n) is 0.506. The molecule has 0 atom stereocenters. The van der Waals surface area contributed by atoms with Gasteiger partial charge < -0.3 is 17.4 Å². The first-order chi connectivity index (χ1) is 5.25. The minimum Gasteiger partial charge on any atom is -0.461 e. The molecule has 0 saturated heterocycles. The number of hydrogen-bond acceptors (Lipinski definition) is 6. The van der Waals surface area contributed by atoms with Gasteiger partial charge in [-0.25, -0.2) is 20.8 Å². The van der Waals surface area contributed by atoms with E-state index in [0.717, 1.165) is 11.5 Å². The van der Waals surface area contributed by atoms with E-state index < -0.39 is 5.97 Å². The number of esters is 1. The average Bonchev–Trinajstić information content (AvgIpc) is 2.36. The maximum absolute atomic E-state index is 10.9. The molecule has 1 aromatic rings. The van der Waals surface area contributed by atoms with Crippen LogP contribution in [0.25, 0.3) is 0 Å². The van der Waals surface area contributed by atoms with Crippen LogP contribution in [-0.2, 0) is 17.4 Å². The Hall–Kier alpha value is -0.750. The molecule has 0 saturated carbocycles. The molecule has 4 nitrogen and oxygen atoms in total. The number of carbonyl (C=O) groups excluding carboxylic acids is 1. The van der Waals surface area contributed by atoms with Crippen LogP contribution in [0.1, 0.15) is 17.4 Å².